The highest BCUT2D eigenvalue weighted by Crippen LogP contribution is 2.18. The van der Waals surface area contributed by atoms with Crippen LogP contribution in [0.5, 0.6) is 0 Å². The van der Waals surface area contributed by atoms with Gasteiger partial charge in [0, 0.05) is 19.5 Å². The molecule has 17 heavy (non-hydrogen) atoms. The zero-order chi connectivity index (χ0) is 12.8. The molecule has 0 aliphatic heterocycles. The van der Waals surface area contributed by atoms with Crippen LogP contribution in [0.1, 0.15) is 5.69 Å². The molecule has 1 aromatic heterocycles. The second-order valence-electron chi connectivity index (χ2n) is 3.21. The third kappa shape index (κ3) is 3.83. The van der Waals surface area contributed by atoms with Gasteiger partial charge in [-0.15, -0.1) is 11.3 Å². The Morgan fingerprint density at radius 3 is 2.88 bits per heavy atom. The number of oxime groups is 1. The Kier molecular flexibility index (Phi) is 4.58. The lowest BCUT2D eigenvalue weighted by Crippen LogP contribution is -2.24. The highest BCUT2D eigenvalue weighted by atomic mass is 32.1. The van der Waals surface area contributed by atoms with Crippen molar-refractivity contribution in [3.05, 3.63) is 11.1 Å². The van der Waals surface area contributed by atoms with Crippen molar-refractivity contribution in [3.8, 4) is 0 Å². The van der Waals surface area contributed by atoms with Gasteiger partial charge in [-0.25, -0.2) is 9.98 Å². The Morgan fingerprint density at radius 1 is 1.65 bits per heavy atom. The summed E-state index contributed by atoms with van der Waals surface area (Å²) in [6.07, 6.45) is 1.61. The van der Waals surface area contributed by atoms with Gasteiger partial charge in [-0.05, 0) is 0 Å². The van der Waals surface area contributed by atoms with Crippen LogP contribution in [0.3, 0.4) is 0 Å². The number of carbonyl (C=O) groups excluding carboxylic acids is 1. The maximum atomic E-state index is 11.1. The van der Waals surface area contributed by atoms with Crippen molar-refractivity contribution in [1.29, 1.82) is 0 Å². The lowest BCUT2D eigenvalue weighted by Gasteiger charge is -2.00. The molecule has 0 fully saturated rings. The number of rotatable bonds is 5. The number of amides is 1. The van der Waals surface area contributed by atoms with E-state index >= 15 is 0 Å². The van der Waals surface area contributed by atoms with Crippen LogP contribution < -0.4 is 5.73 Å². The van der Waals surface area contributed by atoms with Gasteiger partial charge in [0.25, 0.3) is 5.91 Å². The molecule has 0 unspecified atom stereocenters. The van der Waals surface area contributed by atoms with Crippen LogP contribution in [-0.2, 0) is 9.63 Å². The minimum Gasteiger partial charge on any atom is -0.398 e. The lowest BCUT2D eigenvalue weighted by atomic mass is 10.3. The van der Waals surface area contributed by atoms with E-state index < -0.39 is 5.91 Å². The maximum absolute atomic E-state index is 11.1. The van der Waals surface area contributed by atoms with Crippen molar-refractivity contribution < 1.29 is 9.63 Å². The number of aliphatic imine (C=N–C) groups is 1. The fourth-order valence-corrected chi connectivity index (χ4v) is 1.55. The minimum atomic E-state index is -0.694. The second-order valence-corrected chi connectivity index (χ2v) is 4.05. The molecule has 1 aromatic rings. The first-order chi connectivity index (χ1) is 8.04. The molecule has 1 rings (SSSR count). The number of hydrogen-bond acceptors (Lipinski definition) is 6. The highest BCUT2D eigenvalue weighted by molar-refractivity contribution is 7.13. The molecule has 0 aliphatic rings. The van der Waals surface area contributed by atoms with Crippen LogP contribution in [0.4, 0.5) is 5.13 Å². The average Bonchev–Trinajstić information content (AvgIpc) is 2.71. The topological polar surface area (TPSA) is 93.2 Å². The zero-order valence-corrected chi connectivity index (χ0v) is 10.6. The van der Waals surface area contributed by atoms with Crippen molar-refractivity contribution in [3.63, 3.8) is 0 Å². The number of primary amides is 1. The fourth-order valence-electron chi connectivity index (χ4n) is 0.906. The summed E-state index contributed by atoms with van der Waals surface area (Å²) in [6, 6.07) is 0. The van der Waals surface area contributed by atoms with E-state index in [1.54, 1.807) is 16.6 Å². The van der Waals surface area contributed by atoms with Crippen molar-refractivity contribution in [2.75, 3.05) is 21.2 Å². The number of thiazole rings is 1. The summed E-state index contributed by atoms with van der Waals surface area (Å²) >= 11 is 1.28. The van der Waals surface area contributed by atoms with Gasteiger partial charge in [0.05, 0.1) is 6.34 Å². The number of nitrogens with two attached hydrogens (primary N) is 1. The molecule has 0 bridgehead atoms. The molecule has 2 N–H and O–H groups in total. The lowest BCUT2D eigenvalue weighted by molar-refractivity contribution is -0.112. The molecule has 92 valence electrons. The molecule has 8 heteroatoms. The highest BCUT2D eigenvalue weighted by Gasteiger charge is 2.15. The Morgan fingerprint density at radius 2 is 2.35 bits per heavy atom. The normalized spacial score (nSPS) is 11.8. The first-order valence-corrected chi connectivity index (χ1v) is 5.50. The van der Waals surface area contributed by atoms with E-state index in [1.807, 2.05) is 14.1 Å². The Labute approximate surface area is 103 Å². The number of nitrogens with zero attached hydrogens (tertiary/aromatic N) is 4. The summed E-state index contributed by atoms with van der Waals surface area (Å²) in [5.41, 5.74) is 5.49. The summed E-state index contributed by atoms with van der Waals surface area (Å²) in [5, 5.41) is 5.68. The quantitative estimate of drug-likeness (QED) is 0.462. The smallest absolute Gasteiger partial charge is 0.273 e. The standard InChI is InChI=1S/C9H13N5O2S/c1-14(2)5-11-9-12-6(4-17-9)7(8(10)15)13-16-3/h4-5H,1-3H3,(H2,10,15)/b11-5?,13-7-. The molecule has 1 amide bonds. The fraction of sp³-hybridized carbons (Fsp3) is 0.333. The first-order valence-electron chi connectivity index (χ1n) is 4.62. The van der Waals surface area contributed by atoms with Crippen molar-refractivity contribution in [2.24, 2.45) is 15.9 Å². The molecule has 0 saturated carbocycles. The molecule has 1 heterocycles. The Balaban J connectivity index is 2.93. The molecular formula is C9H13N5O2S. The van der Waals surface area contributed by atoms with Crippen molar-refractivity contribution in [1.82, 2.24) is 9.88 Å². The molecule has 0 radical (unpaired) electrons. The van der Waals surface area contributed by atoms with E-state index in [0.717, 1.165) is 0 Å². The predicted molar refractivity (Wildman–Crippen MR) is 66.7 cm³/mol. The van der Waals surface area contributed by atoms with E-state index in [4.69, 9.17) is 5.73 Å². The van der Waals surface area contributed by atoms with Crippen LogP contribution in [0.15, 0.2) is 15.5 Å². The summed E-state index contributed by atoms with van der Waals surface area (Å²) in [4.78, 5) is 25.6. The van der Waals surface area contributed by atoms with Gasteiger partial charge in [-0.2, -0.15) is 0 Å². The van der Waals surface area contributed by atoms with Crippen LogP contribution >= 0.6 is 11.3 Å². The molecule has 0 aromatic carbocycles. The maximum Gasteiger partial charge on any atom is 0.273 e. The average molecular weight is 255 g/mol. The minimum absolute atomic E-state index is 0.0185. The third-order valence-electron chi connectivity index (χ3n) is 1.55. The van der Waals surface area contributed by atoms with Gasteiger partial charge in [-0.1, -0.05) is 5.16 Å². The Bertz CT molecular complexity index is 452. The van der Waals surface area contributed by atoms with Crippen LogP contribution in [-0.4, -0.2) is 49.0 Å². The monoisotopic (exact) mass is 255 g/mol. The van der Waals surface area contributed by atoms with Gasteiger partial charge >= 0.3 is 0 Å². The van der Waals surface area contributed by atoms with Gasteiger partial charge in [0.2, 0.25) is 5.13 Å². The first kappa shape index (κ1) is 13.1. The third-order valence-corrected chi connectivity index (χ3v) is 2.30. The SMILES string of the molecule is CO/N=C(\C(N)=O)c1csc(N=CN(C)C)n1. The zero-order valence-electron chi connectivity index (χ0n) is 9.75. The second kappa shape index (κ2) is 5.94. The summed E-state index contributed by atoms with van der Waals surface area (Å²) in [7, 11) is 5.03. The molecule has 0 spiro atoms. The molecule has 0 atom stereocenters. The molecule has 7 nitrogen and oxygen atoms in total. The number of aromatic nitrogens is 1. The van der Waals surface area contributed by atoms with Crippen molar-refractivity contribution in [2.45, 2.75) is 0 Å². The van der Waals surface area contributed by atoms with Gasteiger partial charge < -0.3 is 15.5 Å². The van der Waals surface area contributed by atoms with Crippen molar-refractivity contribution >= 4 is 34.4 Å². The largest absolute Gasteiger partial charge is 0.398 e. The summed E-state index contributed by atoms with van der Waals surface area (Å²) < 4.78 is 0. The van der Waals surface area contributed by atoms with E-state index in [-0.39, 0.29) is 5.71 Å². The van der Waals surface area contributed by atoms with Crippen LogP contribution in [0.25, 0.3) is 0 Å². The Hall–Kier alpha value is -1.96. The summed E-state index contributed by atoms with van der Waals surface area (Å²) in [6.45, 7) is 0. The molecule has 0 aliphatic carbocycles. The number of hydrogen-bond donors (Lipinski definition) is 1. The summed E-state index contributed by atoms with van der Waals surface area (Å²) in [5.74, 6) is -0.694. The van der Waals surface area contributed by atoms with E-state index in [1.165, 1.54) is 18.4 Å². The van der Waals surface area contributed by atoms with Gasteiger partial charge in [0.15, 0.2) is 5.71 Å². The van der Waals surface area contributed by atoms with E-state index in [9.17, 15) is 4.79 Å². The van der Waals surface area contributed by atoms with Crippen LogP contribution in [0.2, 0.25) is 0 Å². The van der Waals surface area contributed by atoms with Gasteiger partial charge in [-0.3, -0.25) is 4.79 Å². The predicted octanol–water partition coefficient (Wildman–Crippen LogP) is 0.200. The van der Waals surface area contributed by atoms with E-state index in [0.29, 0.717) is 10.8 Å². The number of carbonyl (C=O) groups is 1. The van der Waals surface area contributed by atoms with Crippen LogP contribution in [0, 0.1) is 0 Å². The molecule has 0 saturated heterocycles. The molecular weight excluding hydrogens is 242 g/mol. The van der Waals surface area contributed by atoms with E-state index in [2.05, 4.69) is 20.0 Å². The van der Waals surface area contributed by atoms with Gasteiger partial charge in [0.1, 0.15) is 12.8 Å².